The lowest BCUT2D eigenvalue weighted by Crippen LogP contribution is -2.71. The van der Waals surface area contributed by atoms with Gasteiger partial charge >= 0.3 is 12.1 Å². The number of amides is 2. The van der Waals surface area contributed by atoms with Gasteiger partial charge in [0.1, 0.15) is 13.2 Å². The van der Waals surface area contributed by atoms with Crippen molar-refractivity contribution < 1.29 is 33.8 Å². The van der Waals surface area contributed by atoms with Gasteiger partial charge in [-0.25, -0.2) is 9.59 Å². The minimum atomic E-state index is -1.47. The average Bonchev–Trinajstić information content (AvgIpc) is 3.29. The van der Waals surface area contributed by atoms with Crippen molar-refractivity contribution in [3.05, 3.63) is 59.7 Å². The average molecular weight is 453 g/mol. The number of benzene rings is 2. The molecule has 0 spiro atoms. The van der Waals surface area contributed by atoms with E-state index in [0.717, 1.165) is 22.3 Å². The van der Waals surface area contributed by atoms with Crippen molar-refractivity contribution in [3.63, 3.8) is 0 Å². The Kier molecular flexibility index (Phi) is 5.66. The molecule has 1 unspecified atom stereocenters. The zero-order valence-corrected chi connectivity index (χ0v) is 18.9. The lowest BCUT2D eigenvalue weighted by Gasteiger charge is -2.47. The summed E-state index contributed by atoms with van der Waals surface area (Å²) in [6, 6.07) is 14.1. The Bertz CT molecular complexity index is 1060. The molecule has 0 bridgehead atoms. The van der Waals surface area contributed by atoms with E-state index in [1.54, 1.807) is 20.8 Å². The number of hydrogen-bond donors (Lipinski definition) is 2. The van der Waals surface area contributed by atoms with Crippen LogP contribution in [-0.4, -0.2) is 58.5 Å². The van der Waals surface area contributed by atoms with Gasteiger partial charge in [-0.15, -0.1) is 0 Å². The van der Waals surface area contributed by atoms with Gasteiger partial charge in [0.15, 0.2) is 6.04 Å². The molecule has 0 aromatic heterocycles. The zero-order valence-electron chi connectivity index (χ0n) is 18.9. The van der Waals surface area contributed by atoms with Crippen LogP contribution < -0.4 is 10.4 Å². The summed E-state index contributed by atoms with van der Waals surface area (Å²) in [6.45, 7) is 5.01. The molecule has 33 heavy (non-hydrogen) atoms. The van der Waals surface area contributed by atoms with Gasteiger partial charge in [-0.2, -0.15) is 0 Å². The maximum absolute atomic E-state index is 12.6. The molecule has 1 saturated heterocycles. The maximum atomic E-state index is 12.6. The molecule has 2 amide bonds. The van der Waals surface area contributed by atoms with E-state index in [1.807, 2.05) is 48.5 Å². The van der Waals surface area contributed by atoms with Crippen LogP contribution in [0, 0.1) is 0 Å². The lowest BCUT2D eigenvalue weighted by atomic mass is 9.98. The minimum absolute atomic E-state index is 0.0230. The molecule has 0 radical (unpaired) electrons. The van der Waals surface area contributed by atoms with Crippen molar-refractivity contribution in [2.45, 2.75) is 50.7 Å². The number of nitrogens with one attached hydrogen (secondary N) is 1. The number of carbonyl (C=O) groups is 3. The SMILES string of the molecule is CC(C)(C)[N+]1(C(=O)[O-])C[C@H](NC(=O)OCC2c3ccccc3-c3ccccc32)C[C@H]1C(=O)O. The number of alkyl carbamates (subject to hydrolysis) is 1. The summed E-state index contributed by atoms with van der Waals surface area (Å²) in [6.07, 6.45) is -2.19. The zero-order chi connectivity index (χ0) is 24.0. The highest BCUT2D eigenvalue weighted by Crippen LogP contribution is 2.44. The first-order valence-electron chi connectivity index (χ1n) is 11.0. The Labute approximate surface area is 192 Å². The lowest BCUT2D eigenvalue weighted by molar-refractivity contribution is -0.923. The number of carboxylic acids is 1. The third kappa shape index (κ3) is 3.74. The molecular formula is C25H28N2O6. The Balaban J connectivity index is 1.47. The molecule has 4 rings (SSSR count). The van der Waals surface area contributed by atoms with E-state index in [-0.39, 0.29) is 25.5 Å². The van der Waals surface area contributed by atoms with Crippen LogP contribution in [-0.2, 0) is 9.53 Å². The Morgan fingerprint density at radius 2 is 1.61 bits per heavy atom. The first-order chi connectivity index (χ1) is 15.6. The van der Waals surface area contributed by atoms with Crippen molar-refractivity contribution in [1.29, 1.82) is 0 Å². The van der Waals surface area contributed by atoms with Gasteiger partial charge < -0.3 is 25.1 Å². The standard InChI is InChI=1S/C25H28N2O6/c1-25(2,3)27(24(31)32)13-15(12-21(27)22(28)29)26-23(30)33-14-20-18-10-6-4-8-16(18)17-9-5-7-11-19(17)20/h4-11,15,20-21H,12-14H2,1-3H3,(H2-,26,28,29,30,31,32)/t15-,21+,27?/m1/s1. The molecule has 174 valence electrons. The number of carboxylic acid groups (broad SMARTS) is 2. The Morgan fingerprint density at radius 1 is 1.06 bits per heavy atom. The summed E-state index contributed by atoms with van der Waals surface area (Å²) >= 11 is 0. The fourth-order valence-corrected chi connectivity index (χ4v) is 5.42. The molecule has 1 aliphatic heterocycles. The van der Waals surface area contributed by atoms with Crippen molar-refractivity contribution in [1.82, 2.24) is 5.32 Å². The molecule has 0 saturated carbocycles. The van der Waals surface area contributed by atoms with Gasteiger partial charge in [0.2, 0.25) is 0 Å². The number of hydrogen-bond acceptors (Lipinski definition) is 5. The third-order valence-corrected chi connectivity index (χ3v) is 7.02. The molecule has 2 aliphatic rings. The molecule has 2 aromatic rings. The van der Waals surface area contributed by atoms with E-state index >= 15 is 0 Å². The summed E-state index contributed by atoms with van der Waals surface area (Å²) in [4.78, 5) is 36.6. The molecular weight excluding hydrogens is 424 g/mol. The number of quaternary nitrogens is 1. The number of nitrogens with zero attached hydrogens (tertiary/aromatic N) is 1. The van der Waals surface area contributed by atoms with E-state index in [0.29, 0.717) is 0 Å². The van der Waals surface area contributed by atoms with Gasteiger partial charge in [-0.1, -0.05) is 48.5 Å². The smallest absolute Gasteiger partial charge is 0.407 e. The van der Waals surface area contributed by atoms with Crippen molar-refractivity contribution in [2.75, 3.05) is 13.2 Å². The van der Waals surface area contributed by atoms with E-state index < -0.39 is 40.3 Å². The van der Waals surface area contributed by atoms with E-state index in [9.17, 15) is 24.6 Å². The number of aliphatic carboxylic acids is 1. The largest absolute Gasteiger partial charge is 0.498 e. The van der Waals surface area contributed by atoms with Crippen LogP contribution in [0.15, 0.2) is 48.5 Å². The van der Waals surface area contributed by atoms with Crippen LogP contribution in [0.2, 0.25) is 0 Å². The van der Waals surface area contributed by atoms with Crippen LogP contribution in [0.3, 0.4) is 0 Å². The van der Waals surface area contributed by atoms with Crippen molar-refractivity contribution in [3.8, 4) is 11.1 Å². The molecule has 8 nitrogen and oxygen atoms in total. The number of carbonyl (C=O) groups excluding carboxylic acids is 2. The topological polar surface area (TPSA) is 116 Å². The van der Waals surface area contributed by atoms with Gasteiger partial charge in [0.05, 0.1) is 11.6 Å². The predicted octanol–water partition coefficient (Wildman–Crippen LogP) is 2.71. The van der Waals surface area contributed by atoms with Gasteiger partial charge in [-0.05, 0) is 43.0 Å². The molecule has 3 atom stereocenters. The molecule has 8 heteroatoms. The first-order valence-corrected chi connectivity index (χ1v) is 11.0. The monoisotopic (exact) mass is 452 g/mol. The van der Waals surface area contributed by atoms with E-state index in [4.69, 9.17) is 4.74 Å². The summed E-state index contributed by atoms with van der Waals surface area (Å²) < 4.78 is 4.78. The molecule has 1 aliphatic carbocycles. The molecule has 1 fully saturated rings. The van der Waals surface area contributed by atoms with Gasteiger partial charge in [0, 0.05) is 12.3 Å². The summed E-state index contributed by atoms with van der Waals surface area (Å²) in [5.74, 6) is -1.34. The van der Waals surface area contributed by atoms with Gasteiger partial charge in [-0.3, -0.25) is 4.48 Å². The highest BCUT2D eigenvalue weighted by molar-refractivity contribution is 5.79. The molecule has 1 heterocycles. The third-order valence-electron chi connectivity index (χ3n) is 7.02. The first kappa shape index (κ1) is 22.8. The number of likely N-dealkylation sites (tertiary alicyclic amines) is 1. The summed E-state index contributed by atoms with van der Waals surface area (Å²) in [7, 11) is 0. The predicted molar refractivity (Wildman–Crippen MR) is 118 cm³/mol. The minimum Gasteiger partial charge on any atom is -0.498 e. The van der Waals surface area contributed by atoms with Crippen LogP contribution in [0.1, 0.15) is 44.2 Å². The Hall–Kier alpha value is -3.39. The highest BCUT2D eigenvalue weighted by atomic mass is 16.5. The van der Waals surface area contributed by atoms with E-state index in [2.05, 4.69) is 5.32 Å². The second kappa shape index (κ2) is 8.19. The van der Waals surface area contributed by atoms with Crippen LogP contribution >= 0.6 is 0 Å². The number of fused-ring (bicyclic) bond motifs is 3. The highest BCUT2D eigenvalue weighted by Gasteiger charge is 2.59. The van der Waals surface area contributed by atoms with E-state index in [1.165, 1.54) is 0 Å². The van der Waals surface area contributed by atoms with Crippen LogP contribution in [0.4, 0.5) is 9.59 Å². The molecule has 2 aromatic carbocycles. The van der Waals surface area contributed by atoms with Crippen molar-refractivity contribution >= 4 is 18.2 Å². The Morgan fingerprint density at radius 3 is 2.06 bits per heavy atom. The quantitative estimate of drug-likeness (QED) is 0.689. The normalized spacial score (nSPS) is 24.1. The summed E-state index contributed by atoms with van der Waals surface area (Å²) in [5.41, 5.74) is 3.46. The van der Waals surface area contributed by atoms with Crippen LogP contribution in [0.5, 0.6) is 0 Å². The second-order valence-electron chi connectivity index (χ2n) is 9.74. The number of rotatable bonds is 4. The van der Waals surface area contributed by atoms with Gasteiger partial charge in [0.25, 0.3) is 6.09 Å². The number of ether oxygens (including phenoxy) is 1. The van der Waals surface area contributed by atoms with Crippen LogP contribution in [0.25, 0.3) is 11.1 Å². The fraction of sp³-hybridized carbons (Fsp3) is 0.400. The summed E-state index contributed by atoms with van der Waals surface area (Å²) in [5, 5.41) is 24.5. The second-order valence-corrected chi connectivity index (χ2v) is 9.74. The fourth-order valence-electron chi connectivity index (χ4n) is 5.42. The van der Waals surface area contributed by atoms with Crippen molar-refractivity contribution in [2.24, 2.45) is 0 Å². The maximum Gasteiger partial charge on any atom is 0.407 e. The molecule has 2 N–H and O–H groups in total.